The Bertz CT molecular complexity index is 880. The quantitative estimate of drug-likeness (QED) is 0.630. The van der Waals surface area contributed by atoms with Crippen LogP contribution in [0.15, 0.2) is 23.1 Å². The molecule has 0 bridgehead atoms. The predicted molar refractivity (Wildman–Crippen MR) is 87.9 cm³/mol. The predicted octanol–water partition coefficient (Wildman–Crippen LogP) is 0.290. The number of methoxy groups -OCH3 is 2. The molecule has 25 heavy (non-hydrogen) atoms. The van der Waals surface area contributed by atoms with Crippen molar-refractivity contribution in [3.8, 4) is 12.0 Å². The highest BCUT2D eigenvalue weighted by Gasteiger charge is 2.21. The highest BCUT2D eigenvalue weighted by atomic mass is 32.2. The first-order valence-corrected chi connectivity index (χ1v) is 8.27. The first-order valence-electron chi connectivity index (χ1n) is 6.79. The van der Waals surface area contributed by atoms with E-state index in [1.807, 2.05) is 4.72 Å². The number of aromatic nitrogens is 3. The van der Waals surface area contributed by atoms with Gasteiger partial charge in [0.05, 0.1) is 19.1 Å². The number of aryl methyl sites for hydroxylation is 1. The van der Waals surface area contributed by atoms with Gasteiger partial charge in [0.25, 0.3) is 10.0 Å². The summed E-state index contributed by atoms with van der Waals surface area (Å²) in [5, 5.41) is 2.17. The van der Waals surface area contributed by atoms with Crippen molar-refractivity contribution >= 4 is 27.7 Å². The van der Waals surface area contributed by atoms with Crippen molar-refractivity contribution in [3.05, 3.63) is 23.8 Å². The SMILES string of the molecule is COc1nc(NC(=O)NS(=O)(=O)c2cc(N)ccc2C)nc(OC)n1. The fourth-order valence-electron chi connectivity index (χ4n) is 1.79. The van der Waals surface area contributed by atoms with Crippen LogP contribution in [0.4, 0.5) is 16.4 Å². The van der Waals surface area contributed by atoms with Gasteiger partial charge in [-0.15, -0.1) is 4.98 Å². The van der Waals surface area contributed by atoms with Crippen LogP contribution >= 0.6 is 0 Å². The van der Waals surface area contributed by atoms with Gasteiger partial charge < -0.3 is 15.2 Å². The van der Waals surface area contributed by atoms with Gasteiger partial charge in [-0.25, -0.2) is 17.9 Å². The van der Waals surface area contributed by atoms with Gasteiger partial charge in [0.2, 0.25) is 5.95 Å². The summed E-state index contributed by atoms with van der Waals surface area (Å²) in [6, 6.07) is 3.03. The summed E-state index contributed by atoms with van der Waals surface area (Å²) < 4.78 is 36.2. The van der Waals surface area contributed by atoms with Crippen LogP contribution in [-0.2, 0) is 10.0 Å². The van der Waals surface area contributed by atoms with Gasteiger partial charge in [0, 0.05) is 5.69 Å². The molecule has 1 aromatic heterocycles. The number of nitrogens with zero attached hydrogens (tertiary/aromatic N) is 3. The molecule has 134 valence electrons. The van der Waals surface area contributed by atoms with Gasteiger partial charge in [-0.1, -0.05) is 6.07 Å². The number of amides is 2. The molecule has 0 unspecified atom stereocenters. The van der Waals surface area contributed by atoms with E-state index in [4.69, 9.17) is 15.2 Å². The zero-order valence-corrected chi connectivity index (χ0v) is 14.4. The molecule has 0 atom stereocenters. The summed E-state index contributed by atoms with van der Waals surface area (Å²) in [6.07, 6.45) is 0. The number of benzene rings is 1. The third kappa shape index (κ3) is 4.44. The molecular weight excluding hydrogens is 352 g/mol. The van der Waals surface area contributed by atoms with Crippen LogP contribution in [0.3, 0.4) is 0 Å². The van der Waals surface area contributed by atoms with Crippen molar-refractivity contribution in [2.75, 3.05) is 25.3 Å². The number of urea groups is 1. The fraction of sp³-hybridized carbons (Fsp3) is 0.231. The second-order valence-electron chi connectivity index (χ2n) is 4.72. The number of nitrogen functional groups attached to an aromatic ring is 1. The molecule has 1 heterocycles. The van der Waals surface area contributed by atoms with Crippen LogP contribution in [0.1, 0.15) is 5.56 Å². The minimum Gasteiger partial charge on any atom is -0.467 e. The molecule has 0 spiro atoms. The lowest BCUT2D eigenvalue weighted by Crippen LogP contribution is -2.35. The Labute approximate surface area is 143 Å². The lowest BCUT2D eigenvalue weighted by Gasteiger charge is -2.11. The zero-order valence-electron chi connectivity index (χ0n) is 13.6. The van der Waals surface area contributed by atoms with E-state index < -0.39 is 16.1 Å². The van der Waals surface area contributed by atoms with Crippen LogP contribution in [-0.4, -0.2) is 43.6 Å². The topological polar surface area (TPSA) is 158 Å². The van der Waals surface area contributed by atoms with Crippen molar-refractivity contribution < 1.29 is 22.7 Å². The van der Waals surface area contributed by atoms with E-state index in [0.717, 1.165) is 0 Å². The molecule has 2 amide bonds. The molecule has 2 rings (SSSR count). The summed E-state index contributed by atoms with van der Waals surface area (Å²) in [5.74, 6) is -0.249. The van der Waals surface area contributed by atoms with E-state index in [9.17, 15) is 13.2 Å². The summed E-state index contributed by atoms with van der Waals surface area (Å²) in [7, 11) is -1.52. The summed E-state index contributed by atoms with van der Waals surface area (Å²) in [6.45, 7) is 1.58. The van der Waals surface area contributed by atoms with Gasteiger partial charge in [0.1, 0.15) is 0 Å². The number of ether oxygens (including phenoxy) is 2. The smallest absolute Gasteiger partial charge is 0.335 e. The van der Waals surface area contributed by atoms with E-state index in [2.05, 4.69) is 20.3 Å². The number of nitrogens with two attached hydrogens (primary N) is 1. The monoisotopic (exact) mass is 368 g/mol. The van der Waals surface area contributed by atoms with Gasteiger partial charge in [-0.05, 0) is 24.6 Å². The van der Waals surface area contributed by atoms with Gasteiger partial charge >= 0.3 is 18.1 Å². The van der Waals surface area contributed by atoms with Crippen molar-refractivity contribution in [1.82, 2.24) is 19.7 Å². The Kier molecular flexibility index (Phi) is 5.22. The summed E-state index contributed by atoms with van der Waals surface area (Å²) in [4.78, 5) is 23.1. The normalized spacial score (nSPS) is 10.8. The average molecular weight is 368 g/mol. The molecule has 0 saturated heterocycles. The standard InChI is InChI=1S/C13H16N6O5S/c1-7-4-5-8(14)6-9(7)25(21,22)19-11(20)15-10-16-12(23-2)18-13(17-10)24-3/h4-6H,14H2,1-3H3,(H2,15,16,17,18,19,20). The van der Waals surface area contributed by atoms with Crippen LogP contribution in [0.5, 0.6) is 12.0 Å². The number of carbonyl (C=O) groups is 1. The van der Waals surface area contributed by atoms with Crippen molar-refractivity contribution in [3.63, 3.8) is 0 Å². The minimum absolute atomic E-state index is 0.114. The van der Waals surface area contributed by atoms with E-state index >= 15 is 0 Å². The van der Waals surface area contributed by atoms with E-state index in [1.165, 1.54) is 26.4 Å². The Morgan fingerprint density at radius 3 is 2.28 bits per heavy atom. The maximum atomic E-state index is 12.3. The largest absolute Gasteiger partial charge is 0.467 e. The van der Waals surface area contributed by atoms with Crippen LogP contribution in [0.2, 0.25) is 0 Å². The fourth-order valence-corrected chi connectivity index (χ4v) is 2.97. The van der Waals surface area contributed by atoms with Crippen LogP contribution in [0.25, 0.3) is 0 Å². The second-order valence-corrected chi connectivity index (χ2v) is 6.37. The number of sulfonamides is 1. The molecule has 0 aliphatic carbocycles. The highest BCUT2D eigenvalue weighted by molar-refractivity contribution is 7.90. The highest BCUT2D eigenvalue weighted by Crippen LogP contribution is 2.18. The Hall–Kier alpha value is -3.15. The summed E-state index contributed by atoms with van der Waals surface area (Å²) in [5.41, 5.74) is 6.27. The van der Waals surface area contributed by atoms with Gasteiger partial charge in [-0.3, -0.25) is 5.32 Å². The zero-order chi connectivity index (χ0) is 18.6. The van der Waals surface area contributed by atoms with Crippen LogP contribution < -0.4 is 25.2 Å². The number of hydrogen-bond acceptors (Lipinski definition) is 9. The third-order valence-electron chi connectivity index (χ3n) is 2.91. The molecular formula is C13H16N6O5S. The maximum Gasteiger partial charge on any atom is 0.335 e. The average Bonchev–Trinajstić information content (AvgIpc) is 2.55. The molecule has 0 radical (unpaired) electrons. The number of hydrogen-bond donors (Lipinski definition) is 3. The van der Waals surface area contributed by atoms with Crippen molar-refractivity contribution in [2.24, 2.45) is 0 Å². The summed E-state index contributed by atoms with van der Waals surface area (Å²) >= 11 is 0. The Morgan fingerprint density at radius 2 is 1.72 bits per heavy atom. The first-order chi connectivity index (χ1) is 11.7. The molecule has 11 nitrogen and oxygen atoms in total. The number of nitrogens with one attached hydrogen (secondary N) is 2. The molecule has 4 N–H and O–H groups in total. The molecule has 0 saturated carbocycles. The first kappa shape index (κ1) is 18.2. The third-order valence-corrected chi connectivity index (χ3v) is 4.39. The minimum atomic E-state index is -4.14. The molecule has 0 fully saturated rings. The Morgan fingerprint density at radius 1 is 1.12 bits per heavy atom. The number of carbonyl (C=O) groups excluding carboxylic acids is 1. The lowest BCUT2D eigenvalue weighted by molar-refractivity contribution is 0.256. The number of rotatable bonds is 5. The van der Waals surface area contributed by atoms with Crippen LogP contribution in [0, 0.1) is 6.92 Å². The molecule has 2 aromatic rings. The lowest BCUT2D eigenvalue weighted by atomic mass is 10.2. The van der Waals surface area contributed by atoms with Crippen molar-refractivity contribution in [1.29, 1.82) is 0 Å². The van der Waals surface area contributed by atoms with Gasteiger partial charge in [-0.2, -0.15) is 9.97 Å². The van der Waals surface area contributed by atoms with Gasteiger partial charge in [0.15, 0.2) is 0 Å². The van der Waals surface area contributed by atoms with E-state index in [-0.39, 0.29) is 28.6 Å². The van der Waals surface area contributed by atoms with E-state index in [0.29, 0.717) is 5.56 Å². The second kappa shape index (κ2) is 7.17. The molecule has 0 aliphatic rings. The molecule has 12 heteroatoms. The molecule has 1 aromatic carbocycles. The molecule has 0 aliphatic heterocycles. The van der Waals surface area contributed by atoms with Crippen molar-refractivity contribution in [2.45, 2.75) is 11.8 Å². The Balaban J connectivity index is 2.21. The van der Waals surface area contributed by atoms with E-state index in [1.54, 1.807) is 13.0 Å². The number of anilines is 2. The maximum absolute atomic E-state index is 12.3.